The molecule has 3 heteroatoms. The number of aryl methyl sites for hydroxylation is 2. The van der Waals surface area contributed by atoms with E-state index in [-0.39, 0.29) is 0 Å². The summed E-state index contributed by atoms with van der Waals surface area (Å²) in [7, 11) is 1.95. The summed E-state index contributed by atoms with van der Waals surface area (Å²) >= 11 is 6.11. The van der Waals surface area contributed by atoms with Crippen LogP contribution in [0.3, 0.4) is 0 Å². The molecule has 0 saturated heterocycles. The molecule has 18 heavy (non-hydrogen) atoms. The van der Waals surface area contributed by atoms with Gasteiger partial charge in [0.05, 0.1) is 0 Å². The van der Waals surface area contributed by atoms with Crippen molar-refractivity contribution in [2.24, 2.45) is 0 Å². The maximum absolute atomic E-state index is 6.11. The van der Waals surface area contributed by atoms with Gasteiger partial charge in [0.25, 0.3) is 0 Å². The first-order valence-electron chi connectivity index (χ1n) is 5.99. The third-order valence-electron chi connectivity index (χ3n) is 2.83. The summed E-state index contributed by atoms with van der Waals surface area (Å²) < 4.78 is 0. The van der Waals surface area contributed by atoms with E-state index in [1.165, 1.54) is 16.7 Å². The molecule has 1 aromatic heterocycles. The van der Waals surface area contributed by atoms with Gasteiger partial charge < -0.3 is 5.32 Å². The van der Waals surface area contributed by atoms with Crippen molar-refractivity contribution < 1.29 is 0 Å². The van der Waals surface area contributed by atoms with E-state index >= 15 is 0 Å². The van der Waals surface area contributed by atoms with Crippen LogP contribution in [0.5, 0.6) is 0 Å². The average molecular weight is 261 g/mol. The van der Waals surface area contributed by atoms with E-state index in [0.29, 0.717) is 0 Å². The number of hydrogen-bond acceptors (Lipinski definition) is 2. The lowest BCUT2D eigenvalue weighted by molar-refractivity contribution is 0.819. The number of pyridine rings is 1. The van der Waals surface area contributed by atoms with Gasteiger partial charge in [-0.05, 0) is 61.9 Å². The minimum Gasteiger partial charge on any atom is -0.316 e. The molecule has 0 aliphatic carbocycles. The number of aromatic nitrogens is 1. The van der Waals surface area contributed by atoms with Gasteiger partial charge in [-0.15, -0.1) is 0 Å². The van der Waals surface area contributed by atoms with Crippen LogP contribution in [-0.4, -0.2) is 12.0 Å². The smallest absolute Gasteiger partial charge is 0.0412 e. The van der Waals surface area contributed by atoms with Crippen LogP contribution < -0.4 is 5.32 Å². The number of rotatable bonds is 3. The van der Waals surface area contributed by atoms with Crippen molar-refractivity contribution in [3.05, 3.63) is 52.3 Å². The highest BCUT2D eigenvalue weighted by atomic mass is 35.5. The summed E-state index contributed by atoms with van der Waals surface area (Å²) in [5.74, 6) is 0. The fraction of sp³-hybridized carbons (Fsp3) is 0.267. The zero-order valence-electron chi connectivity index (χ0n) is 10.9. The monoisotopic (exact) mass is 260 g/mol. The van der Waals surface area contributed by atoms with Gasteiger partial charge in [-0.25, -0.2) is 0 Å². The highest BCUT2D eigenvalue weighted by molar-refractivity contribution is 6.30. The van der Waals surface area contributed by atoms with E-state index in [9.17, 15) is 0 Å². The largest absolute Gasteiger partial charge is 0.316 e. The standard InChI is InChI=1S/C15H17ClN2/c1-10-6-13(7-11(2)18-10)15-8-14(16)5-4-12(15)9-17-3/h4-8,17H,9H2,1-3H3. The lowest BCUT2D eigenvalue weighted by atomic mass is 9.99. The van der Waals surface area contributed by atoms with E-state index in [1.807, 2.05) is 33.0 Å². The Morgan fingerprint density at radius 2 is 1.78 bits per heavy atom. The number of nitrogens with one attached hydrogen (secondary N) is 1. The second-order valence-corrected chi connectivity index (χ2v) is 4.91. The zero-order valence-corrected chi connectivity index (χ0v) is 11.7. The number of nitrogens with zero attached hydrogens (tertiary/aromatic N) is 1. The molecule has 0 radical (unpaired) electrons. The van der Waals surface area contributed by atoms with E-state index in [2.05, 4.69) is 28.5 Å². The first kappa shape index (κ1) is 13.1. The average Bonchev–Trinajstić information content (AvgIpc) is 2.30. The summed E-state index contributed by atoms with van der Waals surface area (Å²) in [4.78, 5) is 4.41. The highest BCUT2D eigenvalue weighted by Gasteiger charge is 2.07. The zero-order chi connectivity index (χ0) is 13.1. The van der Waals surface area contributed by atoms with Crippen molar-refractivity contribution in [3.63, 3.8) is 0 Å². The molecule has 0 saturated carbocycles. The third-order valence-corrected chi connectivity index (χ3v) is 3.07. The molecule has 0 amide bonds. The summed E-state index contributed by atoms with van der Waals surface area (Å²) in [5.41, 5.74) is 5.64. The Morgan fingerprint density at radius 1 is 1.11 bits per heavy atom. The van der Waals surface area contributed by atoms with Crippen LogP contribution in [0.4, 0.5) is 0 Å². The number of hydrogen-bond donors (Lipinski definition) is 1. The topological polar surface area (TPSA) is 24.9 Å². The molecule has 0 aliphatic heterocycles. The SMILES string of the molecule is CNCc1ccc(Cl)cc1-c1cc(C)nc(C)c1. The van der Waals surface area contributed by atoms with Crippen LogP contribution in [-0.2, 0) is 6.54 Å². The van der Waals surface area contributed by atoms with Gasteiger partial charge in [0.15, 0.2) is 0 Å². The summed E-state index contributed by atoms with van der Waals surface area (Å²) in [5, 5.41) is 3.95. The fourth-order valence-electron chi connectivity index (χ4n) is 2.15. The second kappa shape index (κ2) is 5.51. The van der Waals surface area contributed by atoms with Gasteiger partial charge in [-0.1, -0.05) is 17.7 Å². The van der Waals surface area contributed by atoms with Crippen LogP contribution in [0.1, 0.15) is 17.0 Å². The molecule has 0 atom stereocenters. The fourth-order valence-corrected chi connectivity index (χ4v) is 2.32. The van der Waals surface area contributed by atoms with Crippen molar-refractivity contribution in [2.45, 2.75) is 20.4 Å². The quantitative estimate of drug-likeness (QED) is 0.909. The van der Waals surface area contributed by atoms with Gasteiger partial charge in [-0.3, -0.25) is 4.98 Å². The number of halogens is 1. The van der Waals surface area contributed by atoms with Gasteiger partial charge >= 0.3 is 0 Å². The Kier molecular flexibility index (Phi) is 4.00. The van der Waals surface area contributed by atoms with Crippen molar-refractivity contribution >= 4 is 11.6 Å². The number of benzene rings is 1. The molecule has 0 fully saturated rings. The summed E-state index contributed by atoms with van der Waals surface area (Å²) in [6.07, 6.45) is 0. The van der Waals surface area contributed by atoms with Crippen molar-refractivity contribution in [3.8, 4) is 11.1 Å². The van der Waals surface area contributed by atoms with Gasteiger partial charge in [-0.2, -0.15) is 0 Å². The van der Waals surface area contributed by atoms with Crippen LogP contribution in [0, 0.1) is 13.8 Å². The molecule has 0 unspecified atom stereocenters. The molecule has 1 N–H and O–H groups in total. The Bertz CT molecular complexity index is 544. The predicted octanol–water partition coefficient (Wildman–Crippen LogP) is 3.74. The molecule has 0 spiro atoms. The third kappa shape index (κ3) is 2.89. The molecule has 2 nitrogen and oxygen atoms in total. The Balaban J connectivity index is 2.57. The lowest BCUT2D eigenvalue weighted by Crippen LogP contribution is -2.06. The van der Waals surface area contributed by atoms with Crippen molar-refractivity contribution in [1.82, 2.24) is 10.3 Å². The van der Waals surface area contributed by atoms with Gasteiger partial charge in [0, 0.05) is 23.0 Å². The summed E-state index contributed by atoms with van der Waals surface area (Å²) in [6.45, 7) is 4.85. The Labute approximate surface area is 113 Å². The van der Waals surface area contributed by atoms with E-state index in [0.717, 1.165) is 23.0 Å². The van der Waals surface area contributed by atoms with Crippen LogP contribution in [0.2, 0.25) is 5.02 Å². The predicted molar refractivity (Wildman–Crippen MR) is 76.9 cm³/mol. The van der Waals surface area contributed by atoms with Crippen molar-refractivity contribution in [2.75, 3.05) is 7.05 Å². The highest BCUT2D eigenvalue weighted by Crippen LogP contribution is 2.28. The maximum atomic E-state index is 6.11. The van der Waals surface area contributed by atoms with Crippen LogP contribution >= 0.6 is 11.6 Å². The Morgan fingerprint density at radius 3 is 2.39 bits per heavy atom. The van der Waals surface area contributed by atoms with Gasteiger partial charge in [0.1, 0.15) is 0 Å². The molecular formula is C15H17ClN2. The van der Waals surface area contributed by atoms with Gasteiger partial charge in [0.2, 0.25) is 0 Å². The second-order valence-electron chi connectivity index (χ2n) is 4.47. The normalized spacial score (nSPS) is 10.7. The first-order chi connectivity index (χ1) is 8.60. The Hall–Kier alpha value is -1.38. The van der Waals surface area contributed by atoms with Crippen LogP contribution in [0.25, 0.3) is 11.1 Å². The summed E-state index contributed by atoms with van der Waals surface area (Å²) in [6, 6.07) is 10.2. The van der Waals surface area contributed by atoms with Crippen molar-refractivity contribution in [1.29, 1.82) is 0 Å². The molecule has 1 aromatic carbocycles. The molecule has 0 bridgehead atoms. The molecule has 2 aromatic rings. The molecule has 94 valence electrons. The lowest BCUT2D eigenvalue weighted by Gasteiger charge is -2.11. The molecule has 2 rings (SSSR count). The van der Waals surface area contributed by atoms with E-state index in [1.54, 1.807) is 0 Å². The molecule has 1 heterocycles. The molecule has 0 aliphatic rings. The van der Waals surface area contributed by atoms with E-state index in [4.69, 9.17) is 11.6 Å². The first-order valence-corrected chi connectivity index (χ1v) is 6.36. The maximum Gasteiger partial charge on any atom is 0.0412 e. The van der Waals surface area contributed by atoms with Crippen LogP contribution in [0.15, 0.2) is 30.3 Å². The minimum atomic E-state index is 0.761. The van der Waals surface area contributed by atoms with E-state index < -0.39 is 0 Å². The minimum absolute atomic E-state index is 0.761. The molecular weight excluding hydrogens is 244 g/mol.